The van der Waals surface area contributed by atoms with Gasteiger partial charge in [0.2, 0.25) is 5.91 Å². The maximum absolute atomic E-state index is 12.3. The van der Waals surface area contributed by atoms with Crippen molar-refractivity contribution in [3.63, 3.8) is 0 Å². The van der Waals surface area contributed by atoms with Gasteiger partial charge in [0.15, 0.2) is 0 Å². The van der Waals surface area contributed by atoms with E-state index in [1.807, 2.05) is 11.3 Å². The Balaban J connectivity index is 1.33. The van der Waals surface area contributed by atoms with E-state index in [0.29, 0.717) is 5.91 Å². The molecule has 4 nitrogen and oxygen atoms in total. The minimum Gasteiger partial charge on any atom is -0.340 e. The Morgan fingerprint density at radius 1 is 1.32 bits per heavy atom. The highest BCUT2D eigenvalue weighted by Gasteiger charge is 2.22. The zero-order valence-electron chi connectivity index (χ0n) is 13.3. The molecule has 122 valence electrons. The Morgan fingerprint density at radius 2 is 2.18 bits per heavy atom. The number of amides is 1. The van der Waals surface area contributed by atoms with Crippen LogP contribution in [-0.4, -0.2) is 61.5 Å². The number of carbonyl (C=O) groups excluding carboxylic acids is 1. The number of nitrogens with zero attached hydrogens (tertiary/aromatic N) is 2. The van der Waals surface area contributed by atoms with Crippen molar-refractivity contribution in [1.29, 1.82) is 0 Å². The Hall–Kier alpha value is -0.910. The van der Waals surface area contributed by atoms with E-state index >= 15 is 0 Å². The molecule has 1 amide bonds. The van der Waals surface area contributed by atoms with E-state index in [-0.39, 0.29) is 0 Å². The summed E-state index contributed by atoms with van der Waals surface area (Å²) in [5.74, 6) is 1.08. The van der Waals surface area contributed by atoms with Gasteiger partial charge in [0.25, 0.3) is 0 Å². The molecule has 0 saturated carbocycles. The molecule has 1 aromatic rings. The molecule has 1 N–H and O–H groups in total. The van der Waals surface area contributed by atoms with Gasteiger partial charge in [-0.1, -0.05) is 6.07 Å². The van der Waals surface area contributed by atoms with Crippen LogP contribution in [0.15, 0.2) is 17.5 Å². The van der Waals surface area contributed by atoms with E-state index in [0.717, 1.165) is 71.0 Å². The van der Waals surface area contributed by atoms with E-state index in [9.17, 15) is 4.79 Å². The molecule has 3 rings (SSSR count). The smallest absolute Gasteiger partial charge is 0.222 e. The highest BCUT2D eigenvalue weighted by molar-refractivity contribution is 7.09. The van der Waals surface area contributed by atoms with E-state index in [1.54, 1.807) is 0 Å². The summed E-state index contributed by atoms with van der Waals surface area (Å²) in [7, 11) is 0. The summed E-state index contributed by atoms with van der Waals surface area (Å²) in [5.41, 5.74) is 0. The first-order chi connectivity index (χ1) is 10.8. The monoisotopic (exact) mass is 321 g/mol. The zero-order chi connectivity index (χ0) is 15.2. The molecule has 0 aromatic carbocycles. The number of rotatable bonds is 6. The van der Waals surface area contributed by atoms with Crippen LogP contribution in [0.25, 0.3) is 0 Å². The highest BCUT2D eigenvalue weighted by atomic mass is 32.1. The third-order valence-corrected chi connectivity index (χ3v) is 5.84. The fourth-order valence-electron chi connectivity index (χ4n) is 3.39. The molecule has 1 aromatic heterocycles. The van der Waals surface area contributed by atoms with Crippen molar-refractivity contribution in [2.24, 2.45) is 5.92 Å². The second kappa shape index (κ2) is 8.09. The minimum absolute atomic E-state index is 0.366. The average Bonchev–Trinajstić information content (AvgIpc) is 3.24. The molecule has 2 fully saturated rings. The molecule has 2 aliphatic rings. The Morgan fingerprint density at radius 3 is 2.86 bits per heavy atom. The van der Waals surface area contributed by atoms with Gasteiger partial charge in [-0.2, -0.15) is 0 Å². The summed E-state index contributed by atoms with van der Waals surface area (Å²) >= 11 is 1.84. The van der Waals surface area contributed by atoms with Crippen LogP contribution in [0.3, 0.4) is 0 Å². The largest absolute Gasteiger partial charge is 0.340 e. The predicted molar refractivity (Wildman–Crippen MR) is 91.3 cm³/mol. The number of hydrogen-bond donors (Lipinski definition) is 1. The molecule has 5 heteroatoms. The lowest BCUT2D eigenvalue weighted by atomic mass is 10.0. The predicted octanol–water partition coefficient (Wildman–Crippen LogP) is 1.82. The first kappa shape index (κ1) is 16.0. The topological polar surface area (TPSA) is 35.6 Å². The zero-order valence-corrected chi connectivity index (χ0v) is 14.1. The van der Waals surface area contributed by atoms with Gasteiger partial charge in [0.05, 0.1) is 0 Å². The van der Waals surface area contributed by atoms with Gasteiger partial charge in [-0.15, -0.1) is 11.3 Å². The van der Waals surface area contributed by atoms with Gasteiger partial charge in [-0.3, -0.25) is 9.69 Å². The molecule has 1 unspecified atom stereocenters. The van der Waals surface area contributed by atoms with Gasteiger partial charge >= 0.3 is 0 Å². The maximum Gasteiger partial charge on any atom is 0.222 e. The second-order valence-corrected chi connectivity index (χ2v) is 7.48. The van der Waals surface area contributed by atoms with Crippen LogP contribution in [0, 0.1) is 5.92 Å². The fourth-order valence-corrected chi connectivity index (χ4v) is 4.09. The van der Waals surface area contributed by atoms with E-state index in [1.165, 1.54) is 11.3 Å². The summed E-state index contributed by atoms with van der Waals surface area (Å²) in [4.78, 5) is 18.3. The summed E-state index contributed by atoms with van der Waals surface area (Å²) in [5, 5.41) is 5.52. The molecule has 0 radical (unpaired) electrons. The Kier molecular flexibility index (Phi) is 5.87. The average molecular weight is 321 g/mol. The molecule has 1 atom stereocenters. The Bertz CT molecular complexity index is 448. The summed E-state index contributed by atoms with van der Waals surface area (Å²) < 4.78 is 0. The third-order valence-electron chi connectivity index (χ3n) is 4.91. The Labute approximate surface area is 137 Å². The van der Waals surface area contributed by atoms with Crippen molar-refractivity contribution >= 4 is 17.2 Å². The number of carbonyl (C=O) groups is 1. The lowest BCUT2D eigenvalue weighted by Gasteiger charge is -2.35. The molecular formula is C17H27N3OS. The molecular weight excluding hydrogens is 294 g/mol. The minimum atomic E-state index is 0.366. The SMILES string of the molecule is O=C(CCC1CCNC1)N1CCN(CCc2cccs2)CC1. The maximum atomic E-state index is 12.3. The molecule has 0 spiro atoms. The van der Waals surface area contributed by atoms with Crippen molar-refractivity contribution in [2.75, 3.05) is 45.8 Å². The highest BCUT2D eigenvalue weighted by Crippen LogP contribution is 2.16. The molecule has 22 heavy (non-hydrogen) atoms. The lowest BCUT2D eigenvalue weighted by Crippen LogP contribution is -2.49. The van der Waals surface area contributed by atoms with Crippen LogP contribution >= 0.6 is 11.3 Å². The van der Waals surface area contributed by atoms with Crippen molar-refractivity contribution in [2.45, 2.75) is 25.7 Å². The fraction of sp³-hybridized carbons (Fsp3) is 0.706. The van der Waals surface area contributed by atoms with E-state index in [2.05, 4.69) is 32.6 Å². The van der Waals surface area contributed by atoms with Crippen LogP contribution in [0.1, 0.15) is 24.1 Å². The van der Waals surface area contributed by atoms with Crippen molar-refractivity contribution in [3.05, 3.63) is 22.4 Å². The number of piperazine rings is 1. The number of nitrogens with one attached hydrogen (secondary N) is 1. The quantitative estimate of drug-likeness (QED) is 0.868. The van der Waals surface area contributed by atoms with Crippen LogP contribution in [-0.2, 0) is 11.2 Å². The molecule has 0 bridgehead atoms. The van der Waals surface area contributed by atoms with Gasteiger partial charge in [-0.05, 0) is 49.7 Å². The van der Waals surface area contributed by atoms with Crippen LogP contribution in [0.5, 0.6) is 0 Å². The van der Waals surface area contributed by atoms with Crippen molar-refractivity contribution < 1.29 is 4.79 Å². The van der Waals surface area contributed by atoms with Crippen LogP contribution in [0.2, 0.25) is 0 Å². The van der Waals surface area contributed by atoms with E-state index in [4.69, 9.17) is 0 Å². The first-order valence-electron chi connectivity index (χ1n) is 8.54. The summed E-state index contributed by atoms with van der Waals surface area (Å²) in [6.07, 6.45) is 4.18. The first-order valence-corrected chi connectivity index (χ1v) is 9.42. The van der Waals surface area contributed by atoms with Gasteiger partial charge in [-0.25, -0.2) is 0 Å². The number of thiophene rings is 1. The van der Waals surface area contributed by atoms with E-state index < -0.39 is 0 Å². The van der Waals surface area contributed by atoms with Crippen molar-refractivity contribution in [1.82, 2.24) is 15.1 Å². The standard InChI is InChI=1S/C17H27N3OS/c21-17(4-3-15-5-7-18-14-15)20-11-9-19(10-12-20)8-6-16-2-1-13-22-16/h1-2,13,15,18H,3-12,14H2. The second-order valence-electron chi connectivity index (χ2n) is 6.45. The normalized spacial score (nSPS) is 23.1. The summed E-state index contributed by atoms with van der Waals surface area (Å²) in [6, 6.07) is 4.33. The molecule has 2 aliphatic heterocycles. The molecule has 0 aliphatic carbocycles. The van der Waals surface area contributed by atoms with Crippen molar-refractivity contribution in [3.8, 4) is 0 Å². The molecule has 3 heterocycles. The summed E-state index contributed by atoms with van der Waals surface area (Å²) in [6.45, 7) is 7.23. The number of hydrogen-bond acceptors (Lipinski definition) is 4. The lowest BCUT2D eigenvalue weighted by molar-refractivity contribution is -0.133. The van der Waals surface area contributed by atoms with Crippen LogP contribution in [0.4, 0.5) is 0 Å². The third kappa shape index (κ3) is 4.54. The van der Waals surface area contributed by atoms with Gasteiger partial charge < -0.3 is 10.2 Å². The van der Waals surface area contributed by atoms with Gasteiger partial charge in [0, 0.05) is 44.0 Å². The van der Waals surface area contributed by atoms with Gasteiger partial charge in [0.1, 0.15) is 0 Å². The van der Waals surface area contributed by atoms with Crippen LogP contribution < -0.4 is 5.32 Å². The molecule has 2 saturated heterocycles.